The number of rotatable bonds is 13. The predicted molar refractivity (Wildman–Crippen MR) is 261 cm³/mol. The number of aromatic nitrogens is 8. The second kappa shape index (κ2) is 21.0. The summed E-state index contributed by atoms with van der Waals surface area (Å²) in [7, 11) is 4.30. The molecule has 75 heavy (non-hydrogen) atoms. The molecule has 4 heterocycles. The van der Waals surface area contributed by atoms with Gasteiger partial charge in [-0.25, -0.2) is 19.6 Å². The normalized spacial score (nSPS) is 11.6. The molecule has 0 unspecified atom stereocenters. The van der Waals surface area contributed by atoms with Crippen molar-refractivity contribution in [3.8, 4) is 17.2 Å². The number of hydrogen-bond acceptors (Lipinski definition) is 11. The number of carbonyl (C=O) groups excluding carboxylic acids is 2. The Morgan fingerprint density at radius 1 is 0.560 bits per heavy atom. The van der Waals surface area contributed by atoms with Crippen LogP contribution in [0.3, 0.4) is 0 Å². The summed E-state index contributed by atoms with van der Waals surface area (Å²) < 4.78 is 95.2. The minimum Gasteiger partial charge on any atom is -0.497 e. The molecule has 0 fully saturated rings. The molecule has 0 saturated carbocycles. The first-order valence-corrected chi connectivity index (χ1v) is 22.6. The molecule has 0 radical (unpaired) electrons. The third kappa shape index (κ3) is 11.7. The van der Waals surface area contributed by atoms with Gasteiger partial charge in [0.1, 0.15) is 17.2 Å². The Morgan fingerprint density at radius 3 is 1.41 bits per heavy atom. The smallest absolute Gasteiger partial charge is 0.497 e. The number of hydrogen-bond donors (Lipinski definition) is 1. The number of halogens is 8. The molecule has 0 aliphatic rings. The number of benzene rings is 5. The van der Waals surface area contributed by atoms with Gasteiger partial charge in [0.15, 0.2) is 34.0 Å². The van der Waals surface area contributed by atoms with Gasteiger partial charge in [-0.1, -0.05) is 83.9 Å². The van der Waals surface area contributed by atoms with Gasteiger partial charge in [-0.05, 0) is 77.4 Å². The summed E-state index contributed by atoms with van der Waals surface area (Å²) in [6, 6.07) is 29.1. The number of carbonyl (C=O) groups is 2. The maximum Gasteiger partial charge on any atom is 0.573 e. The lowest BCUT2D eigenvalue weighted by Gasteiger charge is -2.12. The maximum atomic E-state index is 13.9. The molecule has 0 saturated heterocycles. The number of aryl methyl sites for hydroxylation is 2. The van der Waals surface area contributed by atoms with Crippen LogP contribution in [0.15, 0.2) is 141 Å². The second-order valence-corrected chi connectivity index (χ2v) is 17.2. The number of nitrogens with one attached hydrogen (secondary N) is 1. The summed E-state index contributed by atoms with van der Waals surface area (Å²) in [6.45, 7) is -0.0874. The Hall–Kier alpha value is -8.70. The average molecular weight is 1080 g/mol. The van der Waals surface area contributed by atoms with Crippen LogP contribution in [0.1, 0.15) is 49.1 Å². The zero-order valence-corrected chi connectivity index (χ0v) is 40.5. The molecule has 0 atom stereocenters. The first-order valence-electron chi connectivity index (χ1n) is 21.8. The minimum atomic E-state index is -4.96. The number of ether oxygens (including phenoxy) is 3. The van der Waals surface area contributed by atoms with E-state index in [1.807, 2.05) is 0 Å². The first-order chi connectivity index (χ1) is 35.5. The zero-order chi connectivity index (χ0) is 54.1. The molecular formula is C50H36Cl2F6N8O9. The molecule has 4 aromatic heterocycles. The van der Waals surface area contributed by atoms with Gasteiger partial charge in [0.25, 0.3) is 11.1 Å². The van der Waals surface area contributed by atoms with Crippen LogP contribution in [0, 0.1) is 0 Å². The molecule has 386 valence electrons. The van der Waals surface area contributed by atoms with Crippen LogP contribution >= 0.6 is 23.2 Å². The lowest BCUT2D eigenvalue weighted by atomic mass is 10.1. The van der Waals surface area contributed by atoms with Crippen LogP contribution in [0.5, 0.6) is 17.2 Å². The zero-order valence-electron chi connectivity index (χ0n) is 39.0. The number of fused-ring (bicyclic) bond motifs is 2. The van der Waals surface area contributed by atoms with E-state index >= 15 is 0 Å². The van der Waals surface area contributed by atoms with Gasteiger partial charge in [0, 0.05) is 35.3 Å². The number of ketones is 2. The van der Waals surface area contributed by atoms with Gasteiger partial charge in [0.05, 0.1) is 26.7 Å². The van der Waals surface area contributed by atoms with Gasteiger partial charge in [0.2, 0.25) is 11.6 Å². The molecule has 17 nitrogen and oxygen atoms in total. The lowest BCUT2D eigenvalue weighted by Crippen LogP contribution is -2.40. The van der Waals surface area contributed by atoms with Gasteiger partial charge in [-0.3, -0.25) is 37.9 Å². The fraction of sp³-hybridized carbons (Fsp3) is 0.160. The molecule has 9 aromatic rings. The summed E-state index contributed by atoms with van der Waals surface area (Å²) in [5.74, 6) is -2.61. The summed E-state index contributed by atoms with van der Waals surface area (Å²) in [6.07, 6.45) is -9.90. The SMILES string of the molecule is COc1ccc(Cn2c(=O)c3c(nc(C(=O)c4cccc(OC(F)(F)F)c4)n3Cc3ccc(Cl)cc3)n(C)c2=O)cc1.Cn1c(=O)[nH]c(=O)c2c1nc(C(=O)c1cccc(OC(F)(F)F)c1)n2Cc1ccc(Cl)cc1. The standard InChI is InChI=1S/C29H22ClF3N4O5.C21H14ClF3N4O4/c1-35-25-23(27(39)37(28(35)40)16-18-8-12-21(41-2)13-9-18)36(15-17-6-10-20(30)11-7-17)26(34-25)24(38)19-4-3-5-22(14-19)42-29(31,32)33;1-28-17-15(19(31)27-20(28)32)29(10-11-5-7-13(22)8-6-11)18(26-17)16(30)12-3-2-4-14(9-12)33-21(23,24)25/h3-14H,15-16H2,1-2H3;2-9H,10H2,1H3,(H,27,31,32). The van der Waals surface area contributed by atoms with Crippen molar-refractivity contribution in [2.24, 2.45) is 14.1 Å². The van der Waals surface area contributed by atoms with Crippen molar-refractivity contribution in [1.29, 1.82) is 0 Å². The molecule has 0 aliphatic heterocycles. The van der Waals surface area contributed by atoms with E-state index in [9.17, 15) is 55.1 Å². The van der Waals surface area contributed by atoms with Crippen molar-refractivity contribution >= 4 is 57.1 Å². The van der Waals surface area contributed by atoms with E-state index in [0.29, 0.717) is 32.5 Å². The van der Waals surface area contributed by atoms with Crippen LogP contribution in [-0.2, 0) is 33.7 Å². The molecule has 1 N–H and O–H groups in total. The summed E-state index contributed by atoms with van der Waals surface area (Å²) in [4.78, 5) is 89.4. The second-order valence-electron chi connectivity index (χ2n) is 16.3. The average Bonchev–Trinajstić information content (AvgIpc) is 3.96. The van der Waals surface area contributed by atoms with Crippen molar-refractivity contribution in [1.82, 2.24) is 37.8 Å². The van der Waals surface area contributed by atoms with Gasteiger partial charge in [-0.15, -0.1) is 26.3 Å². The number of aromatic amines is 1. The fourth-order valence-electron chi connectivity index (χ4n) is 7.79. The Morgan fingerprint density at radius 2 is 0.973 bits per heavy atom. The van der Waals surface area contributed by atoms with Crippen LogP contribution < -0.4 is 36.7 Å². The quantitative estimate of drug-likeness (QED) is 0.0867. The Labute approximate surface area is 426 Å². The predicted octanol–water partition coefficient (Wildman–Crippen LogP) is 8.04. The third-order valence-electron chi connectivity index (χ3n) is 11.3. The highest BCUT2D eigenvalue weighted by atomic mass is 35.5. The number of imidazole rings is 2. The van der Waals surface area contributed by atoms with Crippen molar-refractivity contribution < 1.29 is 50.1 Å². The topological polar surface area (TPSA) is 196 Å². The van der Waals surface area contributed by atoms with Crippen molar-refractivity contribution in [2.45, 2.75) is 32.4 Å². The molecule has 0 bridgehead atoms. The summed E-state index contributed by atoms with van der Waals surface area (Å²) in [5, 5.41) is 0.948. The number of nitrogens with zero attached hydrogens (tertiary/aromatic N) is 7. The van der Waals surface area contributed by atoms with E-state index in [1.54, 1.807) is 72.8 Å². The van der Waals surface area contributed by atoms with E-state index in [-0.39, 0.29) is 64.7 Å². The fourth-order valence-corrected chi connectivity index (χ4v) is 8.04. The highest BCUT2D eigenvalue weighted by molar-refractivity contribution is 6.30. The third-order valence-corrected chi connectivity index (χ3v) is 11.8. The number of H-pyrrole nitrogens is 1. The van der Waals surface area contributed by atoms with Crippen molar-refractivity contribution in [3.63, 3.8) is 0 Å². The molecule has 9 rings (SSSR count). The van der Waals surface area contributed by atoms with Crippen LogP contribution in [0.4, 0.5) is 26.3 Å². The molecule has 0 aliphatic carbocycles. The highest BCUT2D eigenvalue weighted by Gasteiger charge is 2.33. The highest BCUT2D eigenvalue weighted by Crippen LogP contribution is 2.28. The van der Waals surface area contributed by atoms with Crippen LogP contribution in [0.25, 0.3) is 22.3 Å². The Balaban J connectivity index is 0.000000205. The number of alkyl halides is 6. The largest absolute Gasteiger partial charge is 0.573 e. The Kier molecular flexibility index (Phi) is 14.8. The minimum absolute atomic E-state index is 0.00870. The Bertz CT molecular complexity index is 3900. The molecule has 5 aromatic carbocycles. The van der Waals surface area contributed by atoms with E-state index in [1.165, 1.54) is 54.6 Å². The summed E-state index contributed by atoms with van der Waals surface area (Å²) >= 11 is 11.9. The van der Waals surface area contributed by atoms with E-state index in [2.05, 4.69) is 24.4 Å². The van der Waals surface area contributed by atoms with E-state index in [0.717, 1.165) is 38.0 Å². The van der Waals surface area contributed by atoms with E-state index in [4.69, 9.17) is 27.9 Å². The molecule has 25 heteroatoms. The lowest BCUT2D eigenvalue weighted by molar-refractivity contribution is -0.275. The monoisotopic (exact) mass is 1080 g/mol. The summed E-state index contributed by atoms with van der Waals surface area (Å²) in [5.41, 5.74) is -1.39. The molecule has 0 spiro atoms. The van der Waals surface area contributed by atoms with Gasteiger partial charge >= 0.3 is 24.1 Å². The molecule has 0 amide bonds. The van der Waals surface area contributed by atoms with E-state index < -0.39 is 58.3 Å². The molecular weight excluding hydrogens is 1040 g/mol. The first kappa shape index (κ1) is 52.6. The van der Waals surface area contributed by atoms with Gasteiger partial charge < -0.3 is 23.3 Å². The van der Waals surface area contributed by atoms with Crippen molar-refractivity contribution in [3.05, 3.63) is 213 Å². The maximum absolute atomic E-state index is 13.9. The van der Waals surface area contributed by atoms with Crippen LogP contribution in [-0.4, -0.2) is 69.2 Å². The van der Waals surface area contributed by atoms with Gasteiger partial charge in [-0.2, -0.15) is 0 Å². The van der Waals surface area contributed by atoms with Crippen molar-refractivity contribution in [2.75, 3.05) is 7.11 Å². The number of methoxy groups -OCH3 is 1. The van der Waals surface area contributed by atoms with Crippen LogP contribution in [0.2, 0.25) is 10.0 Å².